The number of aromatic nitrogens is 2. The Morgan fingerprint density at radius 1 is 1.22 bits per heavy atom. The van der Waals surface area contributed by atoms with Gasteiger partial charge < -0.3 is 14.8 Å². The number of fused-ring (bicyclic) bond motifs is 1. The average Bonchev–Trinajstić information content (AvgIpc) is 2.94. The van der Waals surface area contributed by atoms with E-state index >= 15 is 0 Å². The van der Waals surface area contributed by atoms with Gasteiger partial charge in [0.05, 0.1) is 12.0 Å². The molecule has 192 valence electrons. The van der Waals surface area contributed by atoms with E-state index in [9.17, 15) is 9.59 Å². The first-order valence-electron chi connectivity index (χ1n) is 12.5. The summed E-state index contributed by atoms with van der Waals surface area (Å²) in [6.07, 6.45) is 8.86. The van der Waals surface area contributed by atoms with Crippen molar-refractivity contribution in [2.75, 3.05) is 31.4 Å². The minimum atomic E-state index is -0.706. The third-order valence-corrected chi connectivity index (χ3v) is 8.01. The predicted octanol–water partition coefficient (Wildman–Crippen LogP) is 4.40. The number of Topliss-reactive ketones (excluding diaryl/α,β-unsaturated/α-hetero) is 1. The van der Waals surface area contributed by atoms with Gasteiger partial charge in [-0.15, -0.1) is 11.8 Å². The molecule has 8 nitrogen and oxygen atoms in total. The molecule has 1 aliphatic carbocycles. The molecule has 5 rings (SSSR count). The van der Waals surface area contributed by atoms with E-state index in [-0.39, 0.29) is 23.6 Å². The molecule has 0 amide bonds. The Hall–Kier alpha value is -3.30. The van der Waals surface area contributed by atoms with Crippen LogP contribution in [0.4, 0.5) is 11.5 Å². The molecule has 9 heteroatoms. The quantitative estimate of drug-likeness (QED) is 0.438. The van der Waals surface area contributed by atoms with Crippen molar-refractivity contribution in [3.05, 3.63) is 60.6 Å². The largest absolute Gasteiger partial charge is 0.464 e. The van der Waals surface area contributed by atoms with Crippen molar-refractivity contribution in [2.45, 2.75) is 37.5 Å². The number of thioether (sulfide) groups is 1. The Morgan fingerprint density at radius 2 is 1.97 bits per heavy atom. The average molecular weight is 519 g/mol. The van der Waals surface area contributed by atoms with Gasteiger partial charge in [-0.25, -0.2) is 9.78 Å². The third kappa shape index (κ3) is 4.98. The van der Waals surface area contributed by atoms with E-state index in [1.54, 1.807) is 25.5 Å². The van der Waals surface area contributed by atoms with Gasteiger partial charge in [0.2, 0.25) is 0 Å². The van der Waals surface area contributed by atoms with Crippen LogP contribution in [-0.4, -0.2) is 64.8 Å². The molecule has 1 saturated carbocycles. The monoisotopic (exact) mass is 518 g/mol. The van der Waals surface area contributed by atoms with Crippen LogP contribution in [0.3, 0.4) is 0 Å². The van der Waals surface area contributed by atoms with Crippen molar-refractivity contribution in [3.63, 3.8) is 0 Å². The molecule has 0 radical (unpaired) electrons. The highest BCUT2D eigenvalue weighted by Gasteiger charge is 2.59. The lowest BCUT2D eigenvalue weighted by Crippen LogP contribution is -2.63. The molecule has 2 atom stereocenters. The van der Waals surface area contributed by atoms with E-state index in [4.69, 9.17) is 14.5 Å². The molecule has 1 aliphatic heterocycles. The first-order valence-corrected chi connectivity index (χ1v) is 13.8. The maximum absolute atomic E-state index is 13.0. The van der Waals surface area contributed by atoms with Crippen molar-refractivity contribution >= 4 is 51.5 Å². The molecule has 1 N–H and O–H groups in total. The van der Waals surface area contributed by atoms with Crippen LogP contribution in [0.2, 0.25) is 0 Å². The fourth-order valence-corrected chi connectivity index (χ4v) is 6.04. The first-order chi connectivity index (χ1) is 18.1. The predicted molar refractivity (Wildman–Crippen MR) is 146 cm³/mol. The van der Waals surface area contributed by atoms with Crippen LogP contribution >= 0.6 is 11.8 Å². The fraction of sp³-hybridized carbons (Fsp3) is 0.393. The molecular weight excluding hydrogens is 488 g/mol. The number of esters is 1. The second-order valence-electron chi connectivity index (χ2n) is 9.24. The van der Waals surface area contributed by atoms with Crippen molar-refractivity contribution < 1.29 is 19.1 Å². The molecule has 3 aromatic rings. The zero-order valence-electron chi connectivity index (χ0n) is 21.0. The van der Waals surface area contributed by atoms with Gasteiger partial charge in [-0.05, 0) is 61.2 Å². The number of hydrogen-bond donors (Lipinski definition) is 1. The second kappa shape index (κ2) is 11.0. The number of ether oxygens (including phenoxy) is 2. The lowest BCUT2D eigenvalue weighted by Gasteiger charge is -2.49. The summed E-state index contributed by atoms with van der Waals surface area (Å²) in [6, 6.07) is 11.1. The van der Waals surface area contributed by atoms with Gasteiger partial charge in [-0.3, -0.25) is 14.8 Å². The maximum Gasteiger partial charge on any atom is 0.331 e. The highest BCUT2D eigenvalue weighted by Crippen LogP contribution is 2.47. The van der Waals surface area contributed by atoms with Gasteiger partial charge in [0.15, 0.2) is 11.8 Å². The van der Waals surface area contributed by atoms with Crippen LogP contribution in [-0.2, 0) is 25.5 Å². The molecule has 2 aliphatic rings. The molecule has 1 aromatic carbocycles. The molecule has 37 heavy (non-hydrogen) atoms. The molecule has 3 heterocycles. The highest BCUT2D eigenvalue weighted by atomic mass is 32.2. The van der Waals surface area contributed by atoms with Crippen molar-refractivity contribution in [3.8, 4) is 0 Å². The van der Waals surface area contributed by atoms with Crippen LogP contribution in [0.1, 0.15) is 25.3 Å². The number of nitrogens with one attached hydrogen (secondary N) is 1. The summed E-state index contributed by atoms with van der Waals surface area (Å²) in [5, 5.41) is 5.05. The number of aliphatic imine (C=N–C) groups is 1. The second-order valence-corrected chi connectivity index (χ2v) is 10.2. The number of anilines is 2. The topological polar surface area (TPSA) is 103 Å². The number of ketones is 1. The SMILES string of the molecule is CCOC(=O)[C@H](Cc1ccc(Nc2nccc3ccncc23)cc1)N=C1C(SC)C(=O)C12CCOCC2. The molecule has 2 aromatic heterocycles. The number of nitrogens with zero attached hydrogens (tertiary/aromatic N) is 3. The van der Waals surface area contributed by atoms with Crippen LogP contribution < -0.4 is 5.32 Å². The molecule has 0 bridgehead atoms. The zero-order chi connectivity index (χ0) is 25.8. The van der Waals surface area contributed by atoms with Crippen LogP contribution in [0, 0.1) is 5.41 Å². The summed E-state index contributed by atoms with van der Waals surface area (Å²) in [6.45, 7) is 3.13. The van der Waals surface area contributed by atoms with E-state index in [0.717, 1.165) is 33.6 Å². The number of carbonyl (C=O) groups excluding carboxylic acids is 2. The molecular formula is C28H30N4O4S. The van der Waals surface area contributed by atoms with Crippen molar-refractivity contribution in [1.29, 1.82) is 0 Å². The van der Waals surface area contributed by atoms with Crippen molar-refractivity contribution in [2.24, 2.45) is 10.4 Å². The Bertz CT molecular complexity index is 1320. The summed E-state index contributed by atoms with van der Waals surface area (Å²) in [7, 11) is 0. The number of pyridine rings is 2. The van der Waals surface area contributed by atoms with Gasteiger partial charge in [-0.1, -0.05) is 12.1 Å². The van der Waals surface area contributed by atoms with Gasteiger partial charge in [0.1, 0.15) is 11.1 Å². The van der Waals surface area contributed by atoms with E-state index in [0.29, 0.717) is 32.5 Å². The summed E-state index contributed by atoms with van der Waals surface area (Å²) < 4.78 is 10.9. The smallest absolute Gasteiger partial charge is 0.331 e. The molecule has 2 fully saturated rings. The Labute approximate surface area is 220 Å². The molecule has 1 saturated heterocycles. The molecule has 1 spiro atoms. The van der Waals surface area contributed by atoms with Gasteiger partial charge in [-0.2, -0.15) is 0 Å². The number of rotatable bonds is 8. The van der Waals surface area contributed by atoms with Gasteiger partial charge in [0, 0.05) is 55.0 Å². The van der Waals surface area contributed by atoms with Crippen LogP contribution in [0.5, 0.6) is 0 Å². The Balaban J connectivity index is 1.37. The highest BCUT2D eigenvalue weighted by molar-refractivity contribution is 8.01. The van der Waals surface area contributed by atoms with E-state index in [2.05, 4.69) is 15.3 Å². The van der Waals surface area contributed by atoms with Gasteiger partial charge in [0.25, 0.3) is 0 Å². The lowest BCUT2D eigenvalue weighted by molar-refractivity contribution is -0.144. The maximum atomic E-state index is 13.0. The Morgan fingerprint density at radius 3 is 2.70 bits per heavy atom. The van der Waals surface area contributed by atoms with Gasteiger partial charge >= 0.3 is 5.97 Å². The lowest BCUT2D eigenvalue weighted by atomic mass is 9.60. The number of benzene rings is 1. The van der Waals surface area contributed by atoms with E-state index < -0.39 is 11.5 Å². The molecule has 1 unspecified atom stereocenters. The van der Waals surface area contributed by atoms with E-state index in [1.165, 1.54) is 11.8 Å². The van der Waals surface area contributed by atoms with Crippen molar-refractivity contribution in [1.82, 2.24) is 9.97 Å². The Kier molecular flexibility index (Phi) is 7.53. The minimum Gasteiger partial charge on any atom is -0.464 e. The number of carbonyl (C=O) groups is 2. The van der Waals surface area contributed by atoms with Crippen LogP contribution in [0.25, 0.3) is 10.8 Å². The number of hydrogen-bond acceptors (Lipinski definition) is 9. The summed E-state index contributed by atoms with van der Waals surface area (Å²) in [5.41, 5.74) is 2.05. The van der Waals surface area contributed by atoms with Crippen LogP contribution in [0.15, 0.2) is 60.0 Å². The third-order valence-electron chi connectivity index (χ3n) is 7.10. The summed E-state index contributed by atoms with van der Waals surface area (Å²) in [5.74, 6) is 0.567. The summed E-state index contributed by atoms with van der Waals surface area (Å²) in [4.78, 5) is 39.5. The zero-order valence-corrected chi connectivity index (χ0v) is 21.8. The van der Waals surface area contributed by atoms with E-state index in [1.807, 2.05) is 42.7 Å². The summed E-state index contributed by atoms with van der Waals surface area (Å²) >= 11 is 1.48. The fourth-order valence-electron chi connectivity index (χ4n) is 5.09. The normalized spacial score (nSPS) is 20.5. The first kappa shape index (κ1) is 25.4. The standard InChI is InChI=1S/C28H30N4O4S/c1-3-36-27(34)22(32-24-23(37-2)25(33)28(24)10-14-35-15-11-28)16-18-4-6-20(7-5-18)31-26-21-17-29-12-8-19(21)9-13-30-26/h4-9,12-13,17,22-23H,3,10-11,14-16H2,1-2H3,(H,30,31)/t22-,23?/m0/s1. The minimum absolute atomic E-state index is 0.206.